The van der Waals surface area contributed by atoms with Gasteiger partial charge in [-0.05, 0) is 37.1 Å². The second-order valence-electron chi connectivity index (χ2n) is 4.39. The van der Waals surface area contributed by atoms with Crippen LogP contribution in [-0.2, 0) is 0 Å². The minimum Gasteiger partial charge on any atom is -0.394 e. The highest BCUT2D eigenvalue weighted by Crippen LogP contribution is 2.30. The molecule has 0 saturated carbocycles. The van der Waals surface area contributed by atoms with Crippen molar-refractivity contribution < 1.29 is 9.90 Å². The summed E-state index contributed by atoms with van der Waals surface area (Å²) in [5.41, 5.74) is 0.942. The molecule has 0 spiro atoms. The van der Waals surface area contributed by atoms with Gasteiger partial charge in [-0.25, -0.2) is 0 Å². The van der Waals surface area contributed by atoms with Gasteiger partial charge in [0.1, 0.15) is 4.88 Å². The Labute approximate surface area is 110 Å². The van der Waals surface area contributed by atoms with Crippen molar-refractivity contribution in [1.29, 1.82) is 0 Å². The molecule has 94 valence electrons. The number of halogens is 1. The Morgan fingerprint density at radius 2 is 2.41 bits per heavy atom. The average molecular weight is 274 g/mol. The van der Waals surface area contributed by atoms with Crippen LogP contribution < -0.4 is 0 Å². The number of likely N-dealkylation sites (tertiary alicyclic amines) is 1. The van der Waals surface area contributed by atoms with Gasteiger partial charge in [0.05, 0.1) is 17.7 Å². The van der Waals surface area contributed by atoms with Gasteiger partial charge in [0.25, 0.3) is 5.91 Å². The molecule has 2 heterocycles. The number of thiophene rings is 1. The molecule has 1 saturated heterocycles. The van der Waals surface area contributed by atoms with Crippen LogP contribution in [0.15, 0.2) is 5.38 Å². The first-order valence-corrected chi connectivity index (χ1v) is 7.06. The van der Waals surface area contributed by atoms with Crippen LogP contribution in [0.2, 0.25) is 5.02 Å². The molecule has 1 N–H and O–H groups in total. The van der Waals surface area contributed by atoms with Crippen LogP contribution in [0.1, 0.15) is 34.5 Å². The molecule has 1 aromatic rings. The van der Waals surface area contributed by atoms with Crippen LogP contribution >= 0.6 is 22.9 Å². The molecule has 1 aliphatic heterocycles. The van der Waals surface area contributed by atoms with Crippen molar-refractivity contribution in [2.45, 2.75) is 32.2 Å². The highest BCUT2D eigenvalue weighted by molar-refractivity contribution is 7.13. The number of rotatable bonds is 2. The van der Waals surface area contributed by atoms with E-state index in [-0.39, 0.29) is 18.6 Å². The second kappa shape index (κ2) is 5.38. The first kappa shape index (κ1) is 12.9. The summed E-state index contributed by atoms with van der Waals surface area (Å²) in [5.74, 6) is -0.0353. The van der Waals surface area contributed by atoms with E-state index in [1.807, 2.05) is 12.3 Å². The number of nitrogens with zero attached hydrogens (tertiary/aromatic N) is 1. The van der Waals surface area contributed by atoms with E-state index < -0.39 is 0 Å². The number of carbonyl (C=O) groups is 1. The quantitative estimate of drug-likeness (QED) is 0.900. The van der Waals surface area contributed by atoms with Crippen LogP contribution in [0.3, 0.4) is 0 Å². The smallest absolute Gasteiger partial charge is 0.265 e. The zero-order valence-electron chi connectivity index (χ0n) is 9.78. The summed E-state index contributed by atoms with van der Waals surface area (Å²) < 4.78 is 0. The lowest BCUT2D eigenvalue weighted by Gasteiger charge is -2.34. The summed E-state index contributed by atoms with van der Waals surface area (Å²) in [6, 6.07) is -0.0466. The predicted molar refractivity (Wildman–Crippen MR) is 69.8 cm³/mol. The van der Waals surface area contributed by atoms with Crippen LogP contribution in [-0.4, -0.2) is 35.1 Å². The fourth-order valence-corrected chi connectivity index (χ4v) is 3.39. The highest BCUT2D eigenvalue weighted by Gasteiger charge is 2.29. The summed E-state index contributed by atoms with van der Waals surface area (Å²) in [6.07, 6.45) is 2.96. The van der Waals surface area contributed by atoms with E-state index in [1.165, 1.54) is 11.3 Å². The van der Waals surface area contributed by atoms with Crippen LogP contribution in [0.4, 0.5) is 0 Å². The molecule has 1 unspecified atom stereocenters. The summed E-state index contributed by atoms with van der Waals surface area (Å²) in [7, 11) is 0. The van der Waals surface area contributed by atoms with E-state index in [2.05, 4.69) is 0 Å². The van der Waals surface area contributed by atoms with Gasteiger partial charge in [-0.3, -0.25) is 4.79 Å². The number of amides is 1. The number of aliphatic hydroxyl groups excluding tert-OH is 1. The molecule has 17 heavy (non-hydrogen) atoms. The number of aliphatic hydroxyl groups is 1. The van der Waals surface area contributed by atoms with Crippen molar-refractivity contribution in [1.82, 2.24) is 4.90 Å². The van der Waals surface area contributed by atoms with Gasteiger partial charge >= 0.3 is 0 Å². The maximum atomic E-state index is 12.3. The summed E-state index contributed by atoms with van der Waals surface area (Å²) >= 11 is 7.50. The molecule has 0 aromatic carbocycles. The van der Waals surface area contributed by atoms with E-state index in [9.17, 15) is 9.90 Å². The van der Waals surface area contributed by atoms with Crippen molar-refractivity contribution in [2.24, 2.45) is 0 Å². The summed E-state index contributed by atoms with van der Waals surface area (Å²) in [5, 5.41) is 11.8. The molecule has 2 rings (SSSR count). The molecule has 0 aliphatic carbocycles. The predicted octanol–water partition coefficient (Wildman–Crippen LogP) is 2.70. The zero-order chi connectivity index (χ0) is 12.4. The largest absolute Gasteiger partial charge is 0.394 e. The first-order valence-electron chi connectivity index (χ1n) is 5.80. The Kier molecular flexibility index (Phi) is 4.07. The van der Waals surface area contributed by atoms with Gasteiger partial charge in [0, 0.05) is 6.54 Å². The van der Waals surface area contributed by atoms with Gasteiger partial charge in [0.2, 0.25) is 0 Å². The molecular formula is C12H16ClNO2S. The lowest BCUT2D eigenvalue weighted by molar-refractivity contribution is 0.0508. The topological polar surface area (TPSA) is 40.5 Å². The maximum Gasteiger partial charge on any atom is 0.265 e. The molecule has 1 fully saturated rings. The van der Waals surface area contributed by atoms with Gasteiger partial charge in [0.15, 0.2) is 0 Å². The van der Waals surface area contributed by atoms with Crippen LogP contribution in [0, 0.1) is 6.92 Å². The lowest BCUT2D eigenvalue weighted by Crippen LogP contribution is -2.45. The molecule has 1 amide bonds. The standard InChI is InChI=1S/C12H16ClNO2S/c1-8-7-17-11(10(8)13)12(16)14-5-3-2-4-9(14)6-15/h7,9,15H,2-6H2,1H3. The molecular weight excluding hydrogens is 258 g/mol. The van der Waals surface area contributed by atoms with E-state index in [4.69, 9.17) is 11.6 Å². The molecule has 5 heteroatoms. The molecule has 1 atom stereocenters. The molecule has 0 bridgehead atoms. The summed E-state index contributed by atoms with van der Waals surface area (Å²) in [4.78, 5) is 14.7. The van der Waals surface area contributed by atoms with E-state index in [0.717, 1.165) is 31.4 Å². The van der Waals surface area contributed by atoms with Crippen molar-refractivity contribution in [3.63, 3.8) is 0 Å². The fraction of sp³-hybridized carbons (Fsp3) is 0.583. The Bertz CT molecular complexity index is 419. The zero-order valence-corrected chi connectivity index (χ0v) is 11.4. The van der Waals surface area contributed by atoms with Crippen molar-refractivity contribution in [3.05, 3.63) is 20.8 Å². The van der Waals surface area contributed by atoms with Gasteiger partial charge < -0.3 is 10.0 Å². The van der Waals surface area contributed by atoms with Gasteiger partial charge in [-0.15, -0.1) is 11.3 Å². The number of aryl methyl sites for hydroxylation is 1. The van der Waals surface area contributed by atoms with E-state index in [1.54, 1.807) is 4.90 Å². The third kappa shape index (κ3) is 2.49. The second-order valence-corrected chi connectivity index (χ2v) is 5.65. The van der Waals surface area contributed by atoms with Crippen molar-refractivity contribution in [3.8, 4) is 0 Å². The normalized spacial score (nSPS) is 20.6. The molecule has 1 aliphatic rings. The third-order valence-electron chi connectivity index (χ3n) is 3.19. The Balaban J connectivity index is 2.21. The monoisotopic (exact) mass is 273 g/mol. The SMILES string of the molecule is Cc1csc(C(=O)N2CCCCC2CO)c1Cl. The fourth-order valence-electron chi connectivity index (χ4n) is 2.16. The van der Waals surface area contributed by atoms with E-state index in [0.29, 0.717) is 9.90 Å². The third-order valence-corrected chi connectivity index (χ3v) is 4.88. The first-order chi connectivity index (χ1) is 8.15. The Hall–Kier alpha value is -0.580. The van der Waals surface area contributed by atoms with Crippen molar-refractivity contribution in [2.75, 3.05) is 13.2 Å². The minimum absolute atomic E-state index is 0.0353. The molecule has 1 aromatic heterocycles. The number of piperidine rings is 1. The number of carbonyl (C=O) groups excluding carboxylic acids is 1. The lowest BCUT2D eigenvalue weighted by atomic mass is 10.0. The molecule has 0 radical (unpaired) electrons. The number of hydrogen-bond donors (Lipinski definition) is 1. The van der Waals surface area contributed by atoms with Gasteiger partial charge in [-0.2, -0.15) is 0 Å². The van der Waals surface area contributed by atoms with Crippen molar-refractivity contribution >= 4 is 28.8 Å². The summed E-state index contributed by atoms with van der Waals surface area (Å²) in [6.45, 7) is 2.65. The Morgan fingerprint density at radius 1 is 1.65 bits per heavy atom. The average Bonchev–Trinajstić information content (AvgIpc) is 2.69. The van der Waals surface area contributed by atoms with Crippen LogP contribution in [0.5, 0.6) is 0 Å². The maximum absolute atomic E-state index is 12.3. The molecule has 3 nitrogen and oxygen atoms in total. The Morgan fingerprint density at radius 3 is 3.00 bits per heavy atom. The van der Waals surface area contributed by atoms with Crippen LogP contribution in [0.25, 0.3) is 0 Å². The minimum atomic E-state index is -0.0466. The highest BCUT2D eigenvalue weighted by atomic mass is 35.5. The van der Waals surface area contributed by atoms with E-state index >= 15 is 0 Å². The van der Waals surface area contributed by atoms with Gasteiger partial charge in [-0.1, -0.05) is 11.6 Å². The number of hydrogen-bond acceptors (Lipinski definition) is 3.